The van der Waals surface area contributed by atoms with Gasteiger partial charge in [0.2, 0.25) is 5.95 Å². The van der Waals surface area contributed by atoms with Crippen LogP contribution in [-0.4, -0.2) is 39.0 Å². The van der Waals surface area contributed by atoms with Crippen LogP contribution in [0.25, 0.3) is 0 Å². The Morgan fingerprint density at radius 2 is 1.73 bits per heavy atom. The fraction of sp³-hybridized carbons (Fsp3) is 0.190. The molecule has 0 atom stereocenters. The molecule has 4 N–H and O–H groups in total. The maximum Gasteiger partial charge on any atom is 0.335 e. The molecule has 0 aliphatic rings. The minimum atomic E-state index is -0.988. The Balaban J connectivity index is 1.81. The number of carboxylic acids is 1. The number of aromatic carboxylic acids is 1. The Hall–Kier alpha value is -3.85. The van der Waals surface area contributed by atoms with Crippen LogP contribution < -0.4 is 15.8 Å². The van der Waals surface area contributed by atoms with Gasteiger partial charge in [0, 0.05) is 18.5 Å². The lowest BCUT2D eigenvalue weighted by molar-refractivity contribution is -0.120. The molecule has 9 nitrogen and oxygen atoms in total. The largest absolute Gasteiger partial charge is 0.478 e. The molecule has 1 heterocycles. The SMILES string of the molecule is NCCCc1nc(Cc2ccc(OC=O)cc2)nc(Nc2ccc(C(=O)O)cc2)n1. The van der Waals surface area contributed by atoms with Gasteiger partial charge in [-0.1, -0.05) is 12.1 Å². The summed E-state index contributed by atoms with van der Waals surface area (Å²) in [6.45, 7) is 0.907. The Labute approximate surface area is 173 Å². The van der Waals surface area contributed by atoms with E-state index in [1.165, 1.54) is 12.1 Å². The Kier molecular flexibility index (Phi) is 7.01. The molecule has 0 saturated heterocycles. The molecule has 0 radical (unpaired) electrons. The molecular formula is C21H21N5O4. The third-order valence-electron chi connectivity index (χ3n) is 4.19. The lowest BCUT2D eigenvalue weighted by Crippen LogP contribution is -2.10. The smallest absolute Gasteiger partial charge is 0.335 e. The summed E-state index contributed by atoms with van der Waals surface area (Å²) in [5.74, 6) is 1.04. The van der Waals surface area contributed by atoms with Gasteiger partial charge in [-0.25, -0.2) is 9.78 Å². The van der Waals surface area contributed by atoms with Crippen LogP contribution in [0, 0.1) is 0 Å². The van der Waals surface area contributed by atoms with Crippen molar-refractivity contribution in [1.82, 2.24) is 15.0 Å². The Morgan fingerprint density at radius 1 is 1.03 bits per heavy atom. The van der Waals surface area contributed by atoms with E-state index in [1.807, 2.05) is 12.1 Å². The highest BCUT2D eigenvalue weighted by atomic mass is 16.5. The second kappa shape index (κ2) is 10.1. The summed E-state index contributed by atoms with van der Waals surface area (Å²) in [5, 5.41) is 12.1. The number of carbonyl (C=O) groups is 2. The summed E-state index contributed by atoms with van der Waals surface area (Å²) in [4.78, 5) is 34.9. The summed E-state index contributed by atoms with van der Waals surface area (Å²) >= 11 is 0. The Morgan fingerprint density at radius 3 is 2.37 bits per heavy atom. The molecule has 2 aromatic carbocycles. The molecule has 0 bridgehead atoms. The number of nitrogens with two attached hydrogens (primary N) is 1. The van der Waals surface area contributed by atoms with Crippen LogP contribution in [0.15, 0.2) is 48.5 Å². The zero-order valence-corrected chi connectivity index (χ0v) is 16.1. The number of carbonyl (C=O) groups excluding carboxylic acids is 1. The van der Waals surface area contributed by atoms with Gasteiger partial charge in [0.15, 0.2) is 0 Å². The van der Waals surface area contributed by atoms with Gasteiger partial charge in [-0.2, -0.15) is 9.97 Å². The summed E-state index contributed by atoms with van der Waals surface area (Å²) in [5.41, 5.74) is 7.41. The minimum absolute atomic E-state index is 0.197. The molecule has 0 aliphatic carbocycles. The van der Waals surface area contributed by atoms with Crippen molar-refractivity contribution in [3.8, 4) is 5.75 Å². The van der Waals surface area contributed by atoms with Crippen LogP contribution in [-0.2, 0) is 17.6 Å². The molecule has 154 valence electrons. The monoisotopic (exact) mass is 407 g/mol. The Bertz CT molecular complexity index is 1010. The predicted molar refractivity (Wildman–Crippen MR) is 110 cm³/mol. The van der Waals surface area contributed by atoms with Crippen LogP contribution in [0.3, 0.4) is 0 Å². The zero-order valence-electron chi connectivity index (χ0n) is 16.1. The van der Waals surface area contributed by atoms with E-state index < -0.39 is 5.97 Å². The number of hydrogen-bond acceptors (Lipinski definition) is 8. The molecule has 30 heavy (non-hydrogen) atoms. The van der Waals surface area contributed by atoms with Crippen molar-refractivity contribution in [2.75, 3.05) is 11.9 Å². The molecule has 1 aromatic heterocycles. The normalized spacial score (nSPS) is 10.4. The van der Waals surface area contributed by atoms with E-state index >= 15 is 0 Å². The van der Waals surface area contributed by atoms with Crippen molar-refractivity contribution >= 4 is 24.1 Å². The highest BCUT2D eigenvalue weighted by molar-refractivity contribution is 5.88. The van der Waals surface area contributed by atoms with E-state index in [0.717, 1.165) is 12.0 Å². The summed E-state index contributed by atoms with van der Waals surface area (Å²) in [6.07, 6.45) is 1.82. The molecule has 0 fully saturated rings. The van der Waals surface area contributed by atoms with Gasteiger partial charge in [-0.15, -0.1) is 0 Å². The van der Waals surface area contributed by atoms with Crippen LogP contribution in [0.2, 0.25) is 0 Å². The first-order valence-electron chi connectivity index (χ1n) is 9.31. The highest BCUT2D eigenvalue weighted by Gasteiger charge is 2.09. The second-order valence-electron chi connectivity index (χ2n) is 6.43. The van der Waals surface area contributed by atoms with Gasteiger partial charge in [0.05, 0.1) is 5.56 Å². The number of nitrogens with one attached hydrogen (secondary N) is 1. The number of nitrogens with zero attached hydrogens (tertiary/aromatic N) is 3. The zero-order chi connectivity index (χ0) is 21.3. The first kappa shape index (κ1) is 20.9. The molecule has 9 heteroatoms. The van der Waals surface area contributed by atoms with Crippen molar-refractivity contribution in [3.05, 3.63) is 71.3 Å². The second-order valence-corrected chi connectivity index (χ2v) is 6.43. The third kappa shape index (κ3) is 5.82. The van der Waals surface area contributed by atoms with Crippen LogP contribution in [0.4, 0.5) is 11.6 Å². The quantitative estimate of drug-likeness (QED) is 0.432. The summed E-state index contributed by atoms with van der Waals surface area (Å²) in [6, 6.07) is 13.4. The molecule has 0 aliphatic heterocycles. The van der Waals surface area contributed by atoms with Gasteiger partial charge in [0.1, 0.15) is 17.4 Å². The first-order valence-corrected chi connectivity index (χ1v) is 9.31. The maximum absolute atomic E-state index is 11.0. The standard InChI is InChI=1S/C21H21N5O4/c22-11-1-2-18-24-19(12-14-3-9-17(10-4-14)30-13-27)26-21(25-18)23-16-7-5-15(6-8-16)20(28)29/h3-10,13H,1-2,11-12,22H2,(H,28,29)(H,23,24,25,26). The number of aryl methyl sites for hydroxylation is 1. The maximum atomic E-state index is 11.0. The first-order chi connectivity index (χ1) is 14.6. The molecule has 3 rings (SSSR count). The fourth-order valence-electron chi connectivity index (χ4n) is 2.72. The average Bonchev–Trinajstić information content (AvgIpc) is 2.74. The van der Waals surface area contributed by atoms with Crippen LogP contribution in [0.5, 0.6) is 5.75 Å². The van der Waals surface area contributed by atoms with E-state index in [-0.39, 0.29) is 5.56 Å². The lowest BCUT2D eigenvalue weighted by Gasteiger charge is -2.10. The van der Waals surface area contributed by atoms with Crippen molar-refractivity contribution < 1.29 is 19.4 Å². The van der Waals surface area contributed by atoms with E-state index in [9.17, 15) is 9.59 Å². The van der Waals surface area contributed by atoms with E-state index in [2.05, 4.69) is 20.3 Å². The number of ether oxygens (including phenoxy) is 1. The van der Waals surface area contributed by atoms with Gasteiger partial charge in [-0.3, -0.25) is 4.79 Å². The van der Waals surface area contributed by atoms with Crippen molar-refractivity contribution in [2.24, 2.45) is 5.73 Å². The molecule has 0 amide bonds. The molecule has 0 spiro atoms. The fourth-order valence-corrected chi connectivity index (χ4v) is 2.72. The topological polar surface area (TPSA) is 140 Å². The number of carboxylic acid groups (broad SMARTS) is 1. The van der Waals surface area contributed by atoms with Crippen molar-refractivity contribution in [3.63, 3.8) is 0 Å². The summed E-state index contributed by atoms with van der Waals surface area (Å²) < 4.78 is 4.80. The van der Waals surface area contributed by atoms with Crippen LogP contribution >= 0.6 is 0 Å². The van der Waals surface area contributed by atoms with E-state index in [0.29, 0.717) is 54.9 Å². The highest BCUT2D eigenvalue weighted by Crippen LogP contribution is 2.17. The van der Waals surface area contributed by atoms with Crippen molar-refractivity contribution in [2.45, 2.75) is 19.3 Å². The lowest BCUT2D eigenvalue weighted by atomic mass is 10.1. The number of anilines is 2. The molecule has 3 aromatic rings. The minimum Gasteiger partial charge on any atom is -0.478 e. The van der Waals surface area contributed by atoms with Gasteiger partial charge < -0.3 is 20.9 Å². The summed E-state index contributed by atoms with van der Waals surface area (Å²) in [7, 11) is 0. The van der Waals surface area contributed by atoms with E-state index in [4.69, 9.17) is 15.6 Å². The number of hydrogen-bond donors (Lipinski definition) is 3. The molecule has 0 unspecified atom stereocenters. The predicted octanol–water partition coefficient (Wildman–Crippen LogP) is 2.33. The van der Waals surface area contributed by atoms with Gasteiger partial charge in [-0.05, 0) is 54.9 Å². The number of aromatic nitrogens is 3. The van der Waals surface area contributed by atoms with Gasteiger partial charge in [0.25, 0.3) is 6.47 Å². The van der Waals surface area contributed by atoms with Crippen LogP contribution in [0.1, 0.15) is 34.0 Å². The van der Waals surface area contributed by atoms with Gasteiger partial charge >= 0.3 is 5.97 Å². The number of rotatable bonds is 10. The van der Waals surface area contributed by atoms with Crippen molar-refractivity contribution in [1.29, 1.82) is 0 Å². The molecular weight excluding hydrogens is 386 g/mol. The average molecular weight is 407 g/mol. The third-order valence-corrected chi connectivity index (χ3v) is 4.19. The number of benzene rings is 2. The van der Waals surface area contributed by atoms with E-state index in [1.54, 1.807) is 24.3 Å². The molecule has 0 saturated carbocycles.